The number of phenols is 2. The fourth-order valence-corrected chi connectivity index (χ4v) is 8.85. The summed E-state index contributed by atoms with van der Waals surface area (Å²) in [5, 5.41) is 46.7. The minimum Gasteiger partial charge on any atom is -0.508 e. The van der Waals surface area contributed by atoms with Gasteiger partial charge < -0.3 is 46.9 Å². The van der Waals surface area contributed by atoms with Gasteiger partial charge in [-0.15, -0.1) is 10.2 Å². The number of carbonyl (C=O) groups excluding carboxylic acids is 7. The molecule has 0 spiro atoms. The quantitative estimate of drug-likeness (QED) is 0.0315. The number of rotatable bonds is 26. The molecule has 0 aliphatic carbocycles. The molecule has 410 valence electrons. The molecule has 5 aromatic rings. The van der Waals surface area contributed by atoms with Crippen molar-refractivity contribution >= 4 is 41.2 Å². The van der Waals surface area contributed by atoms with Gasteiger partial charge in [0, 0.05) is 30.3 Å². The van der Waals surface area contributed by atoms with Gasteiger partial charge in [0.15, 0.2) is 11.6 Å². The minimum absolute atomic E-state index is 0.0562. The molecule has 1 aromatic heterocycles. The fraction of sp³-hybridized carbons (Fsp3) is 0.431. The number of hydrogen-bond donors (Lipinski definition) is 8. The first-order valence-corrected chi connectivity index (χ1v) is 26.3. The van der Waals surface area contributed by atoms with Crippen LogP contribution in [-0.4, -0.2) is 115 Å². The number of Topliss-reactive ketones (excluding diaryl/α,β-unsaturated/α-hetero) is 1. The molecule has 77 heavy (non-hydrogen) atoms. The largest absolute Gasteiger partial charge is 0.508 e. The van der Waals surface area contributed by atoms with E-state index in [0.29, 0.717) is 30.6 Å². The van der Waals surface area contributed by atoms with Crippen LogP contribution in [0.3, 0.4) is 0 Å². The van der Waals surface area contributed by atoms with Crippen LogP contribution in [0.25, 0.3) is 17.1 Å². The van der Waals surface area contributed by atoms with Gasteiger partial charge >= 0.3 is 0 Å². The average molecular weight is 1060 g/mol. The molecule has 0 saturated carbocycles. The van der Waals surface area contributed by atoms with Crippen LogP contribution in [0.1, 0.15) is 125 Å². The maximum absolute atomic E-state index is 14.4. The Morgan fingerprint density at radius 3 is 1.77 bits per heavy atom. The lowest BCUT2D eigenvalue weighted by atomic mass is 9.93. The van der Waals surface area contributed by atoms with Crippen LogP contribution < -0.4 is 31.9 Å². The van der Waals surface area contributed by atoms with E-state index in [0.717, 1.165) is 11.1 Å². The van der Waals surface area contributed by atoms with Gasteiger partial charge in [-0.25, -0.2) is 0 Å². The van der Waals surface area contributed by atoms with E-state index in [1.807, 2.05) is 102 Å². The third-order valence-corrected chi connectivity index (χ3v) is 13.2. The number of amides is 6. The molecule has 1 aliphatic heterocycles. The number of phenolic OH excluding ortho intramolecular Hbond substituents is 2. The molecule has 19 heteroatoms. The van der Waals surface area contributed by atoms with Gasteiger partial charge in [0.1, 0.15) is 41.3 Å². The van der Waals surface area contributed by atoms with Crippen molar-refractivity contribution in [2.75, 3.05) is 13.2 Å². The molecule has 6 amide bonds. The number of hydrogen-bond acceptors (Lipinski definition) is 12. The summed E-state index contributed by atoms with van der Waals surface area (Å²) in [5.41, 5.74) is 1.90. The minimum atomic E-state index is -1.18. The third kappa shape index (κ3) is 15.6. The van der Waals surface area contributed by atoms with Gasteiger partial charge in [0.2, 0.25) is 29.5 Å². The van der Waals surface area contributed by atoms with Crippen molar-refractivity contribution in [1.29, 1.82) is 0 Å². The lowest BCUT2D eigenvalue weighted by molar-refractivity contribution is -0.135. The van der Waals surface area contributed by atoms with Crippen LogP contribution in [-0.2, 0) is 41.6 Å². The molecule has 0 radical (unpaired) electrons. The van der Waals surface area contributed by atoms with E-state index in [9.17, 15) is 43.8 Å². The van der Waals surface area contributed by atoms with Gasteiger partial charge in [-0.2, -0.15) is 0 Å². The van der Waals surface area contributed by atoms with E-state index in [-0.39, 0.29) is 83.7 Å². The van der Waals surface area contributed by atoms with Crippen molar-refractivity contribution < 1.29 is 48.5 Å². The van der Waals surface area contributed by atoms with Crippen molar-refractivity contribution in [3.8, 4) is 28.6 Å². The molecule has 4 aromatic carbocycles. The number of ether oxygens (including phenoxy) is 1. The smallest absolute Gasteiger partial charge is 0.289 e. The molecular formula is C58H73N9O10. The van der Waals surface area contributed by atoms with Crippen LogP contribution in [0.4, 0.5) is 0 Å². The Morgan fingerprint density at radius 2 is 1.18 bits per heavy atom. The molecule has 1 saturated heterocycles. The maximum atomic E-state index is 14.4. The van der Waals surface area contributed by atoms with Crippen molar-refractivity contribution in [1.82, 2.24) is 46.7 Å². The summed E-state index contributed by atoms with van der Waals surface area (Å²) in [6, 6.07) is 21.8. The zero-order chi connectivity index (χ0) is 56.1. The Morgan fingerprint density at radius 1 is 0.636 bits per heavy atom. The zero-order valence-corrected chi connectivity index (χ0v) is 45.3. The standard InChI is InChI=1S/C58H73N9O10/c1-10-59-57(76)51-66-65-50(42-30-41(35(6)7)47(68)31-48(42)69)67(51)40-24-22-39(23-25-40)53(72)60-36(8)52(71)61-43(26-21-37-17-13-11-14-18-37)54(73)63-45(28-34(4)5)55(74)64-46(29-38-19-15-12-16-20-38)56(75)62-44(27-33(2)3)49(70)58(9)32-77-58/h11-20,22-25,30-31,33-36,43-46,68-69H,10,21,26-29,32H2,1-9H3,(H,59,76)(H,60,72)(H,61,71)(H,62,75)(H,63,73)(H,64,74)/t36-,43-,44-,45-,46-,58+/m0/s1. The van der Waals surface area contributed by atoms with Crippen LogP contribution in [0.5, 0.6) is 11.5 Å². The molecule has 1 aliphatic rings. The first-order valence-electron chi connectivity index (χ1n) is 26.3. The Labute approximate surface area is 449 Å². The topological polar surface area (TPSA) is 275 Å². The highest BCUT2D eigenvalue weighted by Crippen LogP contribution is 2.38. The van der Waals surface area contributed by atoms with Crippen LogP contribution in [0, 0.1) is 11.8 Å². The number of aromatic hydroxyl groups is 2. The summed E-state index contributed by atoms with van der Waals surface area (Å²) in [4.78, 5) is 97.5. The molecule has 2 heterocycles. The van der Waals surface area contributed by atoms with E-state index in [1.165, 1.54) is 29.7 Å². The van der Waals surface area contributed by atoms with E-state index in [2.05, 4.69) is 42.1 Å². The zero-order valence-electron chi connectivity index (χ0n) is 45.3. The second-order valence-electron chi connectivity index (χ2n) is 21.0. The van der Waals surface area contributed by atoms with Gasteiger partial charge in [-0.1, -0.05) is 102 Å². The molecule has 1 fully saturated rings. The monoisotopic (exact) mass is 1060 g/mol. The third-order valence-electron chi connectivity index (χ3n) is 13.2. The molecule has 6 atom stereocenters. The van der Waals surface area contributed by atoms with Gasteiger partial charge in [0.25, 0.3) is 11.8 Å². The predicted molar refractivity (Wildman–Crippen MR) is 290 cm³/mol. The summed E-state index contributed by atoms with van der Waals surface area (Å²) in [7, 11) is 0. The SMILES string of the molecule is CCNC(=O)c1nnc(-c2cc(C(C)C)c(O)cc2O)n1-c1ccc(C(=O)N[C@@H](C)C(=O)N[C@@H](CCc2ccccc2)C(=O)N[C@@H](CC(C)C)C(=O)N[C@@H](Cc2ccccc2)C(=O)N[C@@H](CC(C)C)C(=O)[C@@]2(C)CO2)cc1. The molecule has 0 bridgehead atoms. The van der Waals surface area contributed by atoms with E-state index in [4.69, 9.17) is 4.74 Å². The molecule has 6 rings (SSSR count). The highest BCUT2D eigenvalue weighted by atomic mass is 16.6. The van der Waals surface area contributed by atoms with Gasteiger partial charge in [0.05, 0.1) is 18.2 Å². The number of aromatic nitrogens is 3. The Bertz CT molecular complexity index is 2880. The fourth-order valence-electron chi connectivity index (χ4n) is 8.85. The van der Waals surface area contributed by atoms with Gasteiger partial charge in [-0.05, 0) is 111 Å². The first-order chi connectivity index (χ1) is 36.6. The highest BCUT2D eigenvalue weighted by molar-refractivity contribution is 6.00. The Hall–Kier alpha value is -7.93. The van der Waals surface area contributed by atoms with Crippen molar-refractivity contribution in [3.63, 3.8) is 0 Å². The molecule has 0 unspecified atom stereocenters. The molecular weight excluding hydrogens is 983 g/mol. The number of carbonyl (C=O) groups is 7. The van der Waals surface area contributed by atoms with Crippen LogP contribution in [0.15, 0.2) is 97.1 Å². The van der Waals surface area contributed by atoms with Crippen molar-refractivity contribution in [3.05, 3.63) is 125 Å². The first kappa shape index (κ1) is 58.3. The lowest BCUT2D eigenvalue weighted by Crippen LogP contribution is -2.59. The van der Waals surface area contributed by atoms with Crippen LogP contribution >= 0.6 is 0 Å². The van der Waals surface area contributed by atoms with E-state index in [1.54, 1.807) is 32.0 Å². The summed E-state index contributed by atoms with van der Waals surface area (Å²) < 4.78 is 6.86. The highest BCUT2D eigenvalue weighted by Gasteiger charge is 2.50. The lowest BCUT2D eigenvalue weighted by Gasteiger charge is -2.28. The Kier molecular flexibility index (Phi) is 19.9. The van der Waals surface area contributed by atoms with E-state index >= 15 is 0 Å². The summed E-state index contributed by atoms with van der Waals surface area (Å²) in [6.45, 7) is 16.9. The number of nitrogens with one attached hydrogen (secondary N) is 6. The van der Waals surface area contributed by atoms with Crippen molar-refractivity contribution in [2.45, 2.75) is 136 Å². The summed E-state index contributed by atoms with van der Waals surface area (Å²) >= 11 is 0. The summed E-state index contributed by atoms with van der Waals surface area (Å²) in [5.74, 6) is -4.53. The number of benzene rings is 4. The van der Waals surface area contributed by atoms with Crippen molar-refractivity contribution in [2.24, 2.45) is 11.8 Å². The normalized spacial score (nSPS) is 15.9. The second-order valence-corrected chi connectivity index (χ2v) is 21.0. The predicted octanol–water partition coefficient (Wildman–Crippen LogP) is 5.60. The number of aryl methyl sites for hydroxylation is 1. The maximum Gasteiger partial charge on any atom is 0.289 e. The molecule has 8 N–H and O–H groups in total. The summed E-state index contributed by atoms with van der Waals surface area (Å²) in [6.07, 6.45) is 1.12. The number of epoxide rings is 1. The molecule has 19 nitrogen and oxygen atoms in total. The Balaban J connectivity index is 1.19. The number of nitrogens with zero attached hydrogens (tertiary/aromatic N) is 3. The number of ketones is 1. The van der Waals surface area contributed by atoms with Crippen LogP contribution in [0.2, 0.25) is 0 Å². The van der Waals surface area contributed by atoms with Gasteiger partial charge in [-0.3, -0.25) is 38.1 Å². The average Bonchev–Trinajstić information content (AvgIpc) is 3.99. The van der Waals surface area contributed by atoms with E-state index < -0.39 is 71.3 Å². The second kappa shape index (κ2) is 26.2.